The molecule has 3 aromatic rings. The third-order valence-corrected chi connectivity index (χ3v) is 7.01. The number of hydrogen-bond donors (Lipinski definition) is 0. The van der Waals surface area contributed by atoms with Crippen molar-refractivity contribution in [1.29, 1.82) is 0 Å². The lowest BCUT2D eigenvalue weighted by Crippen LogP contribution is -2.39. The zero-order chi connectivity index (χ0) is 25.4. The van der Waals surface area contributed by atoms with E-state index in [-0.39, 0.29) is 16.4 Å². The Morgan fingerprint density at radius 3 is 1.91 bits per heavy atom. The number of sulfonamides is 1. The number of ether oxygens (including phenoxy) is 1. The first kappa shape index (κ1) is 26.1. The van der Waals surface area contributed by atoms with E-state index in [0.29, 0.717) is 17.6 Å². The van der Waals surface area contributed by atoms with Crippen LogP contribution in [-0.4, -0.2) is 49.9 Å². The zero-order valence-electron chi connectivity index (χ0n) is 19.8. The van der Waals surface area contributed by atoms with E-state index >= 15 is 0 Å². The van der Waals surface area contributed by atoms with Gasteiger partial charge < -0.3 is 9.64 Å². The van der Waals surface area contributed by atoms with Gasteiger partial charge in [-0.05, 0) is 36.2 Å². The van der Waals surface area contributed by atoms with Crippen molar-refractivity contribution < 1.29 is 27.6 Å². The van der Waals surface area contributed by atoms with Gasteiger partial charge >= 0.3 is 5.97 Å². The van der Waals surface area contributed by atoms with Gasteiger partial charge in [-0.2, -0.15) is 0 Å². The lowest BCUT2D eigenvalue weighted by Gasteiger charge is -2.26. The van der Waals surface area contributed by atoms with Crippen LogP contribution >= 0.6 is 0 Å². The third-order valence-electron chi connectivity index (χ3n) is 5.34. The second-order valence-electron chi connectivity index (χ2n) is 7.84. The smallest absolute Gasteiger partial charge is 0.338 e. The van der Waals surface area contributed by atoms with Gasteiger partial charge in [-0.1, -0.05) is 71.2 Å². The molecule has 3 aromatic carbocycles. The quantitative estimate of drug-likeness (QED) is 0.314. The van der Waals surface area contributed by atoms with Crippen LogP contribution in [0.1, 0.15) is 28.4 Å². The highest BCUT2D eigenvalue weighted by Crippen LogP contribution is 2.18. The minimum atomic E-state index is -3.94. The second kappa shape index (κ2) is 11.7. The summed E-state index contributed by atoms with van der Waals surface area (Å²) in [7, 11) is -1.48. The molecule has 0 heterocycles. The van der Waals surface area contributed by atoms with E-state index in [1.165, 1.54) is 45.3 Å². The Kier molecular flexibility index (Phi) is 8.75. The Hall–Kier alpha value is -3.53. The van der Waals surface area contributed by atoms with E-state index in [0.717, 1.165) is 11.1 Å². The number of amides is 1. The molecule has 0 bridgehead atoms. The molecule has 9 heteroatoms. The molecule has 0 aromatic heterocycles. The van der Waals surface area contributed by atoms with Crippen LogP contribution in [0.4, 0.5) is 0 Å². The standard InChI is InChI=1S/C26H28N2O6S/c1-20(34-26(30)23-15-10-16-24(17-23)35(31,32)27(2)33-3)25(29)28(18-21-11-6-4-7-12-21)19-22-13-8-5-9-14-22/h4-17,20H,18-19H2,1-3H3. The molecule has 1 unspecified atom stereocenters. The molecule has 0 aliphatic rings. The minimum Gasteiger partial charge on any atom is -0.449 e. The molecule has 0 radical (unpaired) electrons. The average molecular weight is 497 g/mol. The van der Waals surface area contributed by atoms with E-state index in [1.54, 1.807) is 4.90 Å². The number of rotatable bonds is 10. The van der Waals surface area contributed by atoms with E-state index in [1.807, 2.05) is 60.7 Å². The summed E-state index contributed by atoms with van der Waals surface area (Å²) in [4.78, 5) is 32.3. The Morgan fingerprint density at radius 1 is 0.857 bits per heavy atom. The fourth-order valence-electron chi connectivity index (χ4n) is 3.39. The molecule has 0 fully saturated rings. The first-order chi connectivity index (χ1) is 16.7. The second-order valence-corrected chi connectivity index (χ2v) is 9.77. The summed E-state index contributed by atoms with van der Waals surface area (Å²) >= 11 is 0. The molecule has 0 saturated carbocycles. The first-order valence-electron chi connectivity index (χ1n) is 10.9. The molecular weight excluding hydrogens is 468 g/mol. The highest BCUT2D eigenvalue weighted by molar-refractivity contribution is 7.89. The van der Waals surface area contributed by atoms with Crippen molar-refractivity contribution in [2.24, 2.45) is 0 Å². The molecule has 0 aliphatic heterocycles. The molecule has 1 atom stereocenters. The van der Waals surface area contributed by atoms with Crippen LogP contribution in [0.5, 0.6) is 0 Å². The highest BCUT2D eigenvalue weighted by Gasteiger charge is 2.26. The maximum Gasteiger partial charge on any atom is 0.338 e. The lowest BCUT2D eigenvalue weighted by molar-refractivity contribution is -0.141. The molecule has 0 spiro atoms. The summed E-state index contributed by atoms with van der Waals surface area (Å²) in [6, 6.07) is 24.5. The minimum absolute atomic E-state index is 0.00731. The average Bonchev–Trinajstić information content (AvgIpc) is 2.88. The Bertz CT molecular complexity index is 1210. The van der Waals surface area contributed by atoms with Crippen molar-refractivity contribution in [3.63, 3.8) is 0 Å². The molecule has 0 N–H and O–H groups in total. The maximum atomic E-state index is 13.3. The van der Waals surface area contributed by atoms with Gasteiger partial charge in [0, 0.05) is 20.1 Å². The van der Waals surface area contributed by atoms with Crippen LogP contribution < -0.4 is 0 Å². The number of carbonyl (C=O) groups is 2. The number of nitrogens with zero attached hydrogens (tertiary/aromatic N) is 2. The number of hydroxylamine groups is 1. The summed E-state index contributed by atoms with van der Waals surface area (Å²) in [5.41, 5.74) is 1.89. The monoisotopic (exact) mass is 496 g/mol. The SMILES string of the molecule is CON(C)S(=O)(=O)c1cccc(C(=O)OC(C)C(=O)N(Cc2ccccc2)Cc2ccccc2)c1. The summed E-state index contributed by atoms with van der Waals surface area (Å²) in [5, 5.41) is 0. The van der Waals surface area contributed by atoms with Gasteiger partial charge in [0.25, 0.3) is 15.9 Å². The predicted octanol–water partition coefficient (Wildman–Crippen LogP) is 3.64. The fourth-order valence-corrected chi connectivity index (χ4v) is 4.41. The van der Waals surface area contributed by atoms with E-state index in [2.05, 4.69) is 0 Å². The van der Waals surface area contributed by atoms with Crippen molar-refractivity contribution in [2.75, 3.05) is 14.2 Å². The third kappa shape index (κ3) is 6.75. The van der Waals surface area contributed by atoms with Gasteiger partial charge in [0.2, 0.25) is 0 Å². The molecule has 1 amide bonds. The van der Waals surface area contributed by atoms with E-state index in [4.69, 9.17) is 9.57 Å². The van der Waals surface area contributed by atoms with Gasteiger partial charge in [0.1, 0.15) is 0 Å². The summed E-state index contributed by atoms with van der Waals surface area (Å²) in [5.74, 6) is -1.17. The van der Waals surface area contributed by atoms with Crippen LogP contribution in [0.3, 0.4) is 0 Å². The molecule has 3 rings (SSSR count). The number of benzene rings is 3. The van der Waals surface area contributed by atoms with Gasteiger partial charge in [-0.3, -0.25) is 9.63 Å². The molecule has 35 heavy (non-hydrogen) atoms. The Balaban J connectivity index is 1.77. The van der Waals surface area contributed by atoms with Crippen molar-refractivity contribution >= 4 is 21.9 Å². The number of esters is 1. The summed E-state index contributed by atoms with van der Waals surface area (Å²) in [6.07, 6.45) is -1.09. The van der Waals surface area contributed by atoms with Gasteiger partial charge in [-0.15, -0.1) is 0 Å². The Morgan fingerprint density at radius 2 is 1.40 bits per heavy atom. The van der Waals surface area contributed by atoms with Gasteiger partial charge in [0.05, 0.1) is 17.6 Å². The van der Waals surface area contributed by atoms with Crippen molar-refractivity contribution in [1.82, 2.24) is 9.37 Å². The Labute approximate surface area is 205 Å². The van der Waals surface area contributed by atoms with Crippen LogP contribution in [0.2, 0.25) is 0 Å². The normalized spacial score (nSPS) is 12.2. The van der Waals surface area contributed by atoms with Crippen LogP contribution in [-0.2, 0) is 37.5 Å². The molecule has 0 aliphatic carbocycles. The van der Waals surface area contributed by atoms with Crippen LogP contribution in [0, 0.1) is 0 Å². The van der Waals surface area contributed by atoms with Crippen molar-refractivity contribution in [3.05, 3.63) is 102 Å². The predicted molar refractivity (Wildman–Crippen MR) is 130 cm³/mol. The van der Waals surface area contributed by atoms with Gasteiger partial charge in [-0.25, -0.2) is 13.2 Å². The number of hydrogen-bond acceptors (Lipinski definition) is 6. The van der Waals surface area contributed by atoms with E-state index < -0.39 is 22.1 Å². The topological polar surface area (TPSA) is 93.2 Å². The van der Waals surface area contributed by atoms with Crippen molar-refractivity contribution in [3.8, 4) is 0 Å². The zero-order valence-corrected chi connectivity index (χ0v) is 20.6. The van der Waals surface area contributed by atoms with Crippen LogP contribution in [0.15, 0.2) is 89.8 Å². The molecule has 8 nitrogen and oxygen atoms in total. The van der Waals surface area contributed by atoms with Gasteiger partial charge in [0.15, 0.2) is 6.10 Å². The molecule has 0 saturated heterocycles. The largest absolute Gasteiger partial charge is 0.449 e. The van der Waals surface area contributed by atoms with Crippen LogP contribution in [0.25, 0.3) is 0 Å². The van der Waals surface area contributed by atoms with E-state index in [9.17, 15) is 18.0 Å². The highest BCUT2D eigenvalue weighted by atomic mass is 32.2. The first-order valence-corrected chi connectivity index (χ1v) is 12.4. The number of carbonyl (C=O) groups excluding carboxylic acids is 2. The molecule has 184 valence electrons. The fraction of sp³-hybridized carbons (Fsp3) is 0.231. The van der Waals surface area contributed by atoms with Crippen molar-refractivity contribution in [2.45, 2.75) is 31.0 Å². The lowest BCUT2D eigenvalue weighted by atomic mass is 10.1. The molecular formula is C26H28N2O6S. The maximum absolute atomic E-state index is 13.3. The summed E-state index contributed by atoms with van der Waals surface area (Å²) in [6.45, 7) is 2.18. The summed E-state index contributed by atoms with van der Waals surface area (Å²) < 4.78 is 31.1.